The van der Waals surface area contributed by atoms with E-state index in [-0.39, 0.29) is 11.7 Å². The predicted octanol–water partition coefficient (Wildman–Crippen LogP) is 4.35. The van der Waals surface area contributed by atoms with Gasteiger partial charge in [-0.3, -0.25) is 4.79 Å². The summed E-state index contributed by atoms with van der Waals surface area (Å²) in [6.07, 6.45) is 1.50. The van der Waals surface area contributed by atoms with Crippen LogP contribution in [0, 0.1) is 19.7 Å². The number of carbonyl (C=O) groups excluding carboxylic acids is 1. The summed E-state index contributed by atoms with van der Waals surface area (Å²) in [5.41, 5.74) is 3.89. The Morgan fingerprint density at radius 3 is 2.62 bits per heavy atom. The first kappa shape index (κ1) is 18.6. The fourth-order valence-electron chi connectivity index (χ4n) is 2.98. The summed E-state index contributed by atoms with van der Waals surface area (Å²) >= 11 is 0. The Bertz CT molecular complexity index is 1190. The van der Waals surface area contributed by atoms with Crippen molar-refractivity contribution in [1.82, 2.24) is 14.6 Å². The number of rotatable bonds is 5. The second-order valence-electron chi connectivity index (χ2n) is 6.85. The van der Waals surface area contributed by atoms with E-state index >= 15 is 0 Å². The molecule has 1 amide bonds. The van der Waals surface area contributed by atoms with Crippen LogP contribution in [0.25, 0.3) is 5.65 Å². The lowest BCUT2D eigenvalue weighted by atomic mass is 10.1. The smallest absolute Gasteiger partial charge is 0.276 e. The molecule has 6 nitrogen and oxygen atoms in total. The Morgan fingerprint density at radius 2 is 1.86 bits per heavy atom. The lowest BCUT2D eigenvalue weighted by molar-refractivity contribution is 0.102. The van der Waals surface area contributed by atoms with E-state index in [0.29, 0.717) is 35.0 Å². The van der Waals surface area contributed by atoms with E-state index < -0.39 is 0 Å². The molecule has 0 atom stereocenters. The van der Waals surface area contributed by atoms with Crippen LogP contribution in [0.15, 0.2) is 60.8 Å². The number of anilines is 2. The molecular formula is C22H20FN5O. The van der Waals surface area contributed by atoms with Crippen molar-refractivity contribution in [2.45, 2.75) is 20.4 Å². The lowest BCUT2D eigenvalue weighted by Gasteiger charge is -2.11. The Balaban J connectivity index is 1.58. The summed E-state index contributed by atoms with van der Waals surface area (Å²) in [6.45, 7) is 4.05. The highest BCUT2D eigenvalue weighted by molar-refractivity contribution is 6.03. The van der Waals surface area contributed by atoms with Gasteiger partial charge in [0.1, 0.15) is 11.6 Å². The maximum Gasteiger partial charge on any atom is 0.276 e. The molecule has 2 N–H and O–H groups in total. The molecule has 7 heteroatoms. The molecule has 0 unspecified atom stereocenters. The number of nitrogens with one attached hydrogen (secondary N) is 2. The van der Waals surface area contributed by atoms with Gasteiger partial charge < -0.3 is 10.6 Å². The minimum absolute atomic E-state index is 0.237. The van der Waals surface area contributed by atoms with Crippen LogP contribution in [0.3, 0.4) is 0 Å². The predicted molar refractivity (Wildman–Crippen MR) is 111 cm³/mol. The van der Waals surface area contributed by atoms with E-state index in [9.17, 15) is 9.18 Å². The van der Waals surface area contributed by atoms with Crippen molar-refractivity contribution in [2.24, 2.45) is 0 Å². The first-order valence-corrected chi connectivity index (χ1v) is 9.22. The molecule has 0 aliphatic heterocycles. The van der Waals surface area contributed by atoms with E-state index in [1.165, 1.54) is 16.8 Å². The van der Waals surface area contributed by atoms with Crippen LogP contribution in [-0.2, 0) is 6.54 Å². The number of aromatic nitrogens is 3. The van der Waals surface area contributed by atoms with Gasteiger partial charge in [0.05, 0.1) is 6.20 Å². The number of hydrogen-bond acceptors (Lipinski definition) is 4. The summed E-state index contributed by atoms with van der Waals surface area (Å²) in [5, 5.41) is 10.6. The standard InChI is InChI=1S/C22H20FN5O/c1-14-8-9-16(11-18(14)23)12-25-21-15(2)10-20-24-13-19(28(20)27-21)22(29)26-17-6-4-3-5-7-17/h3-11,13H,12H2,1-2H3,(H,25,27)(H,26,29). The largest absolute Gasteiger partial charge is 0.364 e. The number of halogens is 1. The van der Waals surface area contributed by atoms with Crippen LogP contribution in [0.4, 0.5) is 15.9 Å². The number of fused-ring (bicyclic) bond motifs is 1. The molecule has 0 saturated carbocycles. The van der Waals surface area contributed by atoms with Gasteiger partial charge in [0, 0.05) is 12.2 Å². The number of amides is 1. The second-order valence-corrected chi connectivity index (χ2v) is 6.85. The third-order valence-electron chi connectivity index (χ3n) is 4.64. The Hall–Kier alpha value is -3.74. The van der Waals surface area contributed by atoms with Crippen LogP contribution in [-0.4, -0.2) is 20.5 Å². The molecular weight excluding hydrogens is 369 g/mol. The third-order valence-corrected chi connectivity index (χ3v) is 4.64. The fraction of sp³-hybridized carbons (Fsp3) is 0.136. The highest BCUT2D eigenvalue weighted by Crippen LogP contribution is 2.18. The molecule has 0 spiro atoms. The van der Waals surface area contributed by atoms with E-state index in [2.05, 4.69) is 20.7 Å². The monoisotopic (exact) mass is 389 g/mol. The number of nitrogens with zero attached hydrogens (tertiary/aromatic N) is 3. The van der Waals surface area contributed by atoms with E-state index in [1.807, 2.05) is 49.4 Å². The van der Waals surface area contributed by atoms with Crippen molar-refractivity contribution in [3.63, 3.8) is 0 Å². The van der Waals surface area contributed by atoms with E-state index in [0.717, 1.165) is 11.1 Å². The molecule has 4 rings (SSSR count). The molecule has 0 aliphatic rings. The minimum Gasteiger partial charge on any atom is -0.364 e. The zero-order valence-corrected chi connectivity index (χ0v) is 16.1. The van der Waals surface area contributed by atoms with Crippen LogP contribution in [0.1, 0.15) is 27.2 Å². The van der Waals surface area contributed by atoms with Gasteiger partial charge in [-0.25, -0.2) is 13.9 Å². The van der Waals surface area contributed by atoms with Crippen LogP contribution in [0.5, 0.6) is 0 Å². The number of benzene rings is 2. The van der Waals surface area contributed by atoms with Crippen LogP contribution in [0.2, 0.25) is 0 Å². The van der Waals surface area contributed by atoms with Crippen molar-refractivity contribution in [3.8, 4) is 0 Å². The number of imidazole rings is 1. The van der Waals surface area contributed by atoms with Crippen molar-refractivity contribution >= 4 is 23.1 Å². The van der Waals surface area contributed by atoms with Gasteiger partial charge in [0.2, 0.25) is 0 Å². The molecule has 0 bridgehead atoms. The van der Waals surface area contributed by atoms with Gasteiger partial charge in [-0.2, -0.15) is 0 Å². The normalized spacial score (nSPS) is 10.9. The number of para-hydroxylation sites is 1. The summed E-state index contributed by atoms with van der Waals surface area (Å²) in [7, 11) is 0. The Labute approximate surface area is 167 Å². The molecule has 0 fully saturated rings. The molecule has 2 aromatic carbocycles. The maximum atomic E-state index is 13.8. The summed E-state index contributed by atoms with van der Waals surface area (Å²) in [4.78, 5) is 16.9. The van der Waals surface area contributed by atoms with Gasteiger partial charge in [-0.15, -0.1) is 5.10 Å². The van der Waals surface area contributed by atoms with Crippen molar-refractivity contribution in [1.29, 1.82) is 0 Å². The van der Waals surface area contributed by atoms with E-state index in [4.69, 9.17) is 0 Å². The highest BCUT2D eigenvalue weighted by Gasteiger charge is 2.15. The van der Waals surface area contributed by atoms with Gasteiger partial charge in [-0.05, 0) is 54.8 Å². The quantitative estimate of drug-likeness (QED) is 0.532. The summed E-state index contributed by atoms with van der Waals surface area (Å²) in [6, 6.07) is 16.2. The van der Waals surface area contributed by atoms with Crippen LogP contribution < -0.4 is 10.6 Å². The minimum atomic E-state index is -0.299. The van der Waals surface area contributed by atoms with Gasteiger partial charge in [-0.1, -0.05) is 30.3 Å². The van der Waals surface area contributed by atoms with Gasteiger partial charge >= 0.3 is 0 Å². The van der Waals surface area contributed by atoms with Crippen molar-refractivity contribution in [3.05, 3.63) is 89.0 Å². The average molecular weight is 389 g/mol. The van der Waals surface area contributed by atoms with Gasteiger partial charge in [0.15, 0.2) is 11.3 Å². The summed E-state index contributed by atoms with van der Waals surface area (Å²) in [5.74, 6) is 0.0655. The zero-order chi connectivity index (χ0) is 20.4. The average Bonchev–Trinajstić information content (AvgIpc) is 3.12. The topological polar surface area (TPSA) is 71.3 Å². The lowest BCUT2D eigenvalue weighted by Crippen LogP contribution is -2.16. The van der Waals surface area contributed by atoms with Crippen molar-refractivity contribution in [2.75, 3.05) is 10.6 Å². The second kappa shape index (κ2) is 7.71. The third kappa shape index (κ3) is 3.94. The molecule has 146 valence electrons. The van der Waals surface area contributed by atoms with Crippen LogP contribution >= 0.6 is 0 Å². The number of hydrogen-bond donors (Lipinski definition) is 2. The molecule has 0 radical (unpaired) electrons. The molecule has 4 aromatic rings. The maximum absolute atomic E-state index is 13.8. The first-order valence-electron chi connectivity index (χ1n) is 9.22. The Kier molecular flexibility index (Phi) is 4.95. The SMILES string of the molecule is Cc1ccc(CNc2nn3c(C(=O)Nc4ccccc4)cnc3cc2C)cc1F. The van der Waals surface area contributed by atoms with Crippen molar-refractivity contribution < 1.29 is 9.18 Å². The van der Waals surface area contributed by atoms with E-state index in [1.54, 1.807) is 13.0 Å². The zero-order valence-electron chi connectivity index (χ0n) is 16.1. The number of aryl methyl sites for hydroxylation is 2. The highest BCUT2D eigenvalue weighted by atomic mass is 19.1. The molecule has 0 saturated heterocycles. The molecule has 2 aromatic heterocycles. The Morgan fingerprint density at radius 1 is 1.07 bits per heavy atom. The number of carbonyl (C=O) groups is 1. The van der Waals surface area contributed by atoms with Gasteiger partial charge in [0.25, 0.3) is 5.91 Å². The molecule has 0 aliphatic carbocycles. The fourth-order valence-corrected chi connectivity index (χ4v) is 2.98. The first-order chi connectivity index (χ1) is 14.0. The molecule has 29 heavy (non-hydrogen) atoms. The molecule has 2 heterocycles. The summed E-state index contributed by atoms with van der Waals surface area (Å²) < 4.78 is 15.3.